The van der Waals surface area contributed by atoms with Gasteiger partial charge in [-0.2, -0.15) is 0 Å². The molecular formula is C8H13N3O. The molecule has 0 aliphatic rings. The highest BCUT2D eigenvalue weighted by atomic mass is 16.3. The molecule has 12 heavy (non-hydrogen) atoms. The molecule has 1 rings (SSSR count). The maximum absolute atomic E-state index is 8.68. The standard InChI is InChI=1S/C8H13N3O/c1-2-3-9-8-5-10-7(6-12)4-11-8/h4-5,12H,2-3,6H2,1H3,(H,9,11). The van der Waals surface area contributed by atoms with E-state index in [0.29, 0.717) is 5.69 Å². The lowest BCUT2D eigenvalue weighted by Crippen LogP contribution is -2.03. The van der Waals surface area contributed by atoms with E-state index in [1.807, 2.05) is 0 Å². The molecule has 0 bridgehead atoms. The summed E-state index contributed by atoms with van der Waals surface area (Å²) in [5.41, 5.74) is 0.594. The third-order valence-corrected chi connectivity index (χ3v) is 1.42. The van der Waals surface area contributed by atoms with Gasteiger partial charge in [0.15, 0.2) is 0 Å². The zero-order chi connectivity index (χ0) is 8.81. The maximum atomic E-state index is 8.68. The highest BCUT2D eigenvalue weighted by Crippen LogP contribution is 2.00. The Morgan fingerprint density at radius 2 is 2.25 bits per heavy atom. The van der Waals surface area contributed by atoms with E-state index >= 15 is 0 Å². The van der Waals surface area contributed by atoms with Crippen LogP contribution in [-0.4, -0.2) is 21.6 Å². The summed E-state index contributed by atoms with van der Waals surface area (Å²) in [6.45, 7) is 2.93. The van der Waals surface area contributed by atoms with Gasteiger partial charge in [-0.15, -0.1) is 0 Å². The molecule has 0 aromatic carbocycles. The summed E-state index contributed by atoms with van der Waals surface area (Å²) in [6.07, 6.45) is 4.25. The van der Waals surface area contributed by atoms with Gasteiger partial charge in [0, 0.05) is 6.54 Å². The van der Waals surface area contributed by atoms with E-state index in [-0.39, 0.29) is 6.61 Å². The molecule has 2 N–H and O–H groups in total. The minimum absolute atomic E-state index is 0.0545. The third-order valence-electron chi connectivity index (χ3n) is 1.42. The van der Waals surface area contributed by atoms with Crippen molar-refractivity contribution in [1.82, 2.24) is 9.97 Å². The zero-order valence-corrected chi connectivity index (χ0v) is 7.12. The second-order valence-corrected chi connectivity index (χ2v) is 2.48. The molecule has 4 heteroatoms. The minimum Gasteiger partial charge on any atom is -0.390 e. The van der Waals surface area contributed by atoms with Gasteiger partial charge in [0.05, 0.1) is 24.7 Å². The smallest absolute Gasteiger partial charge is 0.144 e. The van der Waals surface area contributed by atoms with Crippen molar-refractivity contribution in [3.8, 4) is 0 Å². The lowest BCUT2D eigenvalue weighted by atomic mass is 10.4. The van der Waals surface area contributed by atoms with Crippen LogP contribution >= 0.6 is 0 Å². The summed E-state index contributed by atoms with van der Waals surface area (Å²) in [4.78, 5) is 8.03. The highest BCUT2D eigenvalue weighted by Gasteiger charge is 1.93. The number of nitrogens with zero attached hydrogens (tertiary/aromatic N) is 2. The number of hydrogen-bond donors (Lipinski definition) is 2. The van der Waals surface area contributed by atoms with Crippen LogP contribution in [0.15, 0.2) is 12.4 Å². The van der Waals surface area contributed by atoms with Crippen molar-refractivity contribution in [2.75, 3.05) is 11.9 Å². The first kappa shape index (κ1) is 8.93. The SMILES string of the molecule is CCCNc1cnc(CO)cn1. The quantitative estimate of drug-likeness (QED) is 0.696. The van der Waals surface area contributed by atoms with Gasteiger partial charge in [0.2, 0.25) is 0 Å². The van der Waals surface area contributed by atoms with E-state index in [4.69, 9.17) is 5.11 Å². The van der Waals surface area contributed by atoms with Crippen LogP contribution in [0.4, 0.5) is 5.82 Å². The van der Waals surface area contributed by atoms with E-state index in [0.717, 1.165) is 18.8 Å². The van der Waals surface area contributed by atoms with E-state index < -0.39 is 0 Å². The monoisotopic (exact) mass is 167 g/mol. The molecule has 0 saturated carbocycles. The van der Waals surface area contributed by atoms with Crippen LogP contribution in [0.3, 0.4) is 0 Å². The molecule has 0 saturated heterocycles. The van der Waals surface area contributed by atoms with Crippen molar-refractivity contribution in [2.45, 2.75) is 20.0 Å². The number of anilines is 1. The summed E-state index contributed by atoms with van der Waals surface area (Å²) in [5.74, 6) is 0.758. The van der Waals surface area contributed by atoms with Crippen molar-refractivity contribution in [2.24, 2.45) is 0 Å². The fourth-order valence-corrected chi connectivity index (χ4v) is 0.781. The molecule has 1 aromatic rings. The molecular weight excluding hydrogens is 154 g/mol. The fourth-order valence-electron chi connectivity index (χ4n) is 0.781. The zero-order valence-electron chi connectivity index (χ0n) is 7.12. The van der Waals surface area contributed by atoms with E-state index in [2.05, 4.69) is 22.2 Å². The van der Waals surface area contributed by atoms with Gasteiger partial charge in [-0.25, -0.2) is 4.98 Å². The molecule has 0 aliphatic carbocycles. The Bertz CT molecular complexity index is 222. The van der Waals surface area contributed by atoms with Crippen molar-refractivity contribution < 1.29 is 5.11 Å². The minimum atomic E-state index is -0.0545. The molecule has 0 fully saturated rings. The summed E-state index contributed by atoms with van der Waals surface area (Å²) in [7, 11) is 0. The van der Waals surface area contributed by atoms with Crippen LogP contribution in [0.1, 0.15) is 19.0 Å². The molecule has 0 radical (unpaired) electrons. The van der Waals surface area contributed by atoms with E-state index in [1.54, 1.807) is 12.4 Å². The van der Waals surface area contributed by atoms with Gasteiger partial charge in [-0.05, 0) is 6.42 Å². The molecule has 4 nitrogen and oxygen atoms in total. The van der Waals surface area contributed by atoms with Crippen molar-refractivity contribution in [3.05, 3.63) is 18.1 Å². The largest absolute Gasteiger partial charge is 0.390 e. The lowest BCUT2D eigenvalue weighted by molar-refractivity contribution is 0.276. The molecule has 0 unspecified atom stereocenters. The summed E-state index contributed by atoms with van der Waals surface area (Å²) >= 11 is 0. The van der Waals surface area contributed by atoms with Gasteiger partial charge in [-0.1, -0.05) is 6.92 Å². The summed E-state index contributed by atoms with van der Waals surface area (Å²) in [5, 5.41) is 11.8. The molecule has 0 spiro atoms. The normalized spacial score (nSPS) is 9.83. The van der Waals surface area contributed by atoms with Crippen molar-refractivity contribution in [1.29, 1.82) is 0 Å². The van der Waals surface area contributed by atoms with E-state index in [9.17, 15) is 0 Å². The number of hydrogen-bond acceptors (Lipinski definition) is 4. The van der Waals surface area contributed by atoms with Crippen LogP contribution in [-0.2, 0) is 6.61 Å². The van der Waals surface area contributed by atoms with Crippen LogP contribution in [0.2, 0.25) is 0 Å². The first-order chi connectivity index (χ1) is 5.86. The second-order valence-electron chi connectivity index (χ2n) is 2.48. The Kier molecular flexibility index (Phi) is 3.47. The molecule has 1 heterocycles. The molecule has 0 amide bonds. The summed E-state index contributed by atoms with van der Waals surface area (Å²) in [6, 6.07) is 0. The number of rotatable bonds is 4. The topological polar surface area (TPSA) is 58.0 Å². The van der Waals surface area contributed by atoms with Gasteiger partial charge in [-0.3, -0.25) is 4.98 Å². The third kappa shape index (κ3) is 2.47. The first-order valence-electron chi connectivity index (χ1n) is 4.02. The average Bonchev–Trinajstić information content (AvgIpc) is 2.15. The Hall–Kier alpha value is -1.16. The number of aliphatic hydroxyl groups excluding tert-OH is 1. The second kappa shape index (κ2) is 4.66. The number of aromatic nitrogens is 2. The van der Waals surface area contributed by atoms with Gasteiger partial charge in [0.25, 0.3) is 0 Å². The Balaban J connectivity index is 2.53. The first-order valence-corrected chi connectivity index (χ1v) is 4.02. The average molecular weight is 167 g/mol. The van der Waals surface area contributed by atoms with Gasteiger partial charge >= 0.3 is 0 Å². The van der Waals surface area contributed by atoms with Crippen LogP contribution in [0, 0.1) is 0 Å². The van der Waals surface area contributed by atoms with Crippen LogP contribution in [0.25, 0.3) is 0 Å². The molecule has 66 valence electrons. The highest BCUT2D eigenvalue weighted by molar-refractivity contribution is 5.30. The Morgan fingerprint density at radius 3 is 2.75 bits per heavy atom. The number of aliphatic hydroxyl groups is 1. The molecule has 1 aromatic heterocycles. The molecule has 0 atom stereocenters. The van der Waals surface area contributed by atoms with Crippen molar-refractivity contribution in [3.63, 3.8) is 0 Å². The lowest BCUT2D eigenvalue weighted by Gasteiger charge is -2.02. The van der Waals surface area contributed by atoms with Gasteiger partial charge < -0.3 is 10.4 Å². The maximum Gasteiger partial charge on any atom is 0.144 e. The van der Waals surface area contributed by atoms with E-state index in [1.165, 1.54) is 0 Å². The Labute approximate surface area is 71.7 Å². The van der Waals surface area contributed by atoms with Gasteiger partial charge in [0.1, 0.15) is 5.82 Å². The molecule has 0 aliphatic heterocycles. The van der Waals surface area contributed by atoms with Crippen molar-refractivity contribution >= 4 is 5.82 Å². The Morgan fingerprint density at radius 1 is 1.42 bits per heavy atom. The predicted molar refractivity (Wildman–Crippen MR) is 46.7 cm³/mol. The van der Waals surface area contributed by atoms with Crippen LogP contribution < -0.4 is 5.32 Å². The fraction of sp³-hybridized carbons (Fsp3) is 0.500. The number of nitrogens with one attached hydrogen (secondary N) is 1. The predicted octanol–water partition coefficient (Wildman–Crippen LogP) is 0.791. The summed E-state index contributed by atoms with van der Waals surface area (Å²) < 4.78 is 0. The van der Waals surface area contributed by atoms with Crippen LogP contribution in [0.5, 0.6) is 0 Å².